The summed E-state index contributed by atoms with van der Waals surface area (Å²) in [4.78, 5) is 0.329. The summed E-state index contributed by atoms with van der Waals surface area (Å²) in [6.45, 7) is 8.63. The fourth-order valence-corrected chi connectivity index (χ4v) is 5.35. The Balaban J connectivity index is 2.43. The van der Waals surface area contributed by atoms with Gasteiger partial charge in [-0.15, -0.1) is 0 Å². The van der Waals surface area contributed by atoms with Gasteiger partial charge in [0.05, 0.1) is 11.4 Å². The Morgan fingerprint density at radius 3 is 2.52 bits per heavy atom. The summed E-state index contributed by atoms with van der Waals surface area (Å²) in [6.07, 6.45) is 2.34. The van der Waals surface area contributed by atoms with Gasteiger partial charge in [0.1, 0.15) is 4.90 Å². The van der Waals surface area contributed by atoms with Crippen LogP contribution in [-0.4, -0.2) is 46.3 Å². The highest BCUT2D eigenvalue weighted by molar-refractivity contribution is 7.89. The highest BCUT2D eigenvalue weighted by Crippen LogP contribution is 2.35. The van der Waals surface area contributed by atoms with Gasteiger partial charge < -0.3 is 5.11 Å². The van der Waals surface area contributed by atoms with Crippen molar-refractivity contribution in [3.63, 3.8) is 0 Å². The van der Waals surface area contributed by atoms with Crippen LogP contribution in [-0.2, 0) is 16.6 Å². The van der Waals surface area contributed by atoms with Crippen molar-refractivity contribution in [2.45, 2.75) is 63.9 Å². The van der Waals surface area contributed by atoms with Crippen molar-refractivity contribution in [1.82, 2.24) is 14.1 Å². The van der Waals surface area contributed by atoms with Crippen LogP contribution in [0.15, 0.2) is 4.90 Å². The van der Waals surface area contributed by atoms with Crippen molar-refractivity contribution in [2.24, 2.45) is 0 Å². The van der Waals surface area contributed by atoms with E-state index in [9.17, 15) is 8.42 Å². The number of sulfonamides is 1. The van der Waals surface area contributed by atoms with Crippen LogP contribution in [0, 0.1) is 13.8 Å². The van der Waals surface area contributed by atoms with Crippen molar-refractivity contribution in [3.05, 3.63) is 11.4 Å². The van der Waals surface area contributed by atoms with Gasteiger partial charge in [-0.3, -0.25) is 4.68 Å². The molecule has 120 valence electrons. The number of aliphatic hydroxyl groups is 1. The van der Waals surface area contributed by atoms with E-state index >= 15 is 0 Å². The molecule has 1 aromatic heterocycles. The quantitative estimate of drug-likeness (QED) is 0.892. The molecule has 2 heterocycles. The molecule has 0 amide bonds. The molecule has 6 nitrogen and oxygen atoms in total. The van der Waals surface area contributed by atoms with Crippen molar-refractivity contribution < 1.29 is 13.5 Å². The summed E-state index contributed by atoms with van der Waals surface area (Å²) in [7, 11) is -3.52. The molecule has 0 unspecified atom stereocenters. The third-order valence-electron chi connectivity index (χ3n) is 4.22. The maximum absolute atomic E-state index is 13.0. The van der Waals surface area contributed by atoms with Gasteiger partial charge in [0.25, 0.3) is 0 Å². The molecule has 1 fully saturated rings. The molecule has 0 saturated carbocycles. The lowest BCUT2D eigenvalue weighted by Crippen LogP contribution is -2.42. The van der Waals surface area contributed by atoms with Gasteiger partial charge in [-0.05, 0) is 47.0 Å². The Hall–Kier alpha value is -0.920. The summed E-state index contributed by atoms with van der Waals surface area (Å²) in [5, 5.41) is 13.3. The highest BCUT2D eigenvalue weighted by atomic mass is 32.2. The van der Waals surface area contributed by atoms with E-state index < -0.39 is 10.0 Å². The van der Waals surface area contributed by atoms with Gasteiger partial charge in [-0.2, -0.15) is 9.40 Å². The fraction of sp³-hybridized carbons (Fsp3) is 0.786. The van der Waals surface area contributed by atoms with E-state index in [0.29, 0.717) is 35.8 Å². The molecule has 0 aromatic carbocycles. The normalized spacial score (nSPS) is 19.3. The third kappa shape index (κ3) is 2.86. The first-order valence-electron chi connectivity index (χ1n) is 7.39. The van der Waals surface area contributed by atoms with Crippen LogP contribution in [0.2, 0.25) is 0 Å². The summed E-state index contributed by atoms with van der Waals surface area (Å²) >= 11 is 0. The van der Waals surface area contributed by atoms with Crippen LogP contribution in [0.25, 0.3) is 0 Å². The second-order valence-corrected chi connectivity index (χ2v) is 8.09. The molecule has 21 heavy (non-hydrogen) atoms. The van der Waals surface area contributed by atoms with Crippen LogP contribution >= 0.6 is 0 Å². The number of aliphatic hydroxyl groups excluding tert-OH is 1. The van der Waals surface area contributed by atoms with Crippen LogP contribution < -0.4 is 0 Å². The molecule has 0 aliphatic carbocycles. The standard InChI is InChI=1S/C14H25N3O3S/c1-11-13(12(2)16(15-11)8-6-10-18)21(19,20)17-9-5-7-14(17,3)4/h18H,5-10H2,1-4H3. The molecule has 1 aliphatic rings. The molecule has 1 aliphatic heterocycles. The topological polar surface area (TPSA) is 75.4 Å². The van der Waals surface area contributed by atoms with Crippen LogP contribution in [0.5, 0.6) is 0 Å². The molecule has 2 rings (SSSR count). The summed E-state index contributed by atoms with van der Waals surface area (Å²) in [5.41, 5.74) is 0.849. The minimum atomic E-state index is -3.52. The van der Waals surface area contributed by atoms with Gasteiger partial charge in [-0.1, -0.05) is 0 Å². The summed E-state index contributed by atoms with van der Waals surface area (Å²) in [6, 6.07) is 0. The summed E-state index contributed by atoms with van der Waals surface area (Å²) < 4.78 is 29.3. The Morgan fingerprint density at radius 2 is 2.00 bits per heavy atom. The number of hydrogen-bond donors (Lipinski definition) is 1. The van der Waals surface area contributed by atoms with Crippen LogP contribution in [0.1, 0.15) is 44.5 Å². The smallest absolute Gasteiger partial charge is 0.247 e. The first-order valence-corrected chi connectivity index (χ1v) is 8.83. The Bertz CT molecular complexity index is 620. The van der Waals surface area contributed by atoms with Crippen molar-refractivity contribution in [1.29, 1.82) is 0 Å². The molecule has 0 radical (unpaired) electrons. The highest BCUT2D eigenvalue weighted by Gasteiger charge is 2.42. The van der Waals surface area contributed by atoms with E-state index in [1.165, 1.54) is 0 Å². The van der Waals surface area contributed by atoms with E-state index in [1.807, 2.05) is 13.8 Å². The monoisotopic (exact) mass is 315 g/mol. The molecule has 0 spiro atoms. The van der Waals surface area contributed by atoms with Gasteiger partial charge >= 0.3 is 0 Å². The predicted molar refractivity (Wildman–Crippen MR) is 80.6 cm³/mol. The average Bonchev–Trinajstić information content (AvgIpc) is 2.87. The lowest BCUT2D eigenvalue weighted by molar-refractivity contribution is 0.276. The lowest BCUT2D eigenvalue weighted by atomic mass is 10.0. The van der Waals surface area contributed by atoms with Gasteiger partial charge in [-0.25, -0.2) is 8.42 Å². The Morgan fingerprint density at radius 1 is 1.33 bits per heavy atom. The molecule has 1 N–H and O–H groups in total. The van der Waals surface area contributed by atoms with Crippen molar-refractivity contribution >= 4 is 10.0 Å². The second-order valence-electron chi connectivity index (χ2n) is 6.29. The maximum Gasteiger partial charge on any atom is 0.247 e. The van der Waals surface area contributed by atoms with Crippen molar-refractivity contribution in [3.8, 4) is 0 Å². The average molecular weight is 315 g/mol. The molecule has 0 bridgehead atoms. The van der Waals surface area contributed by atoms with E-state index in [1.54, 1.807) is 22.8 Å². The van der Waals surface area contributed by atoms with Gasteiger partial charge in [0.15, 0.2) is 0 Å². The SMILES string of the molecule is Cc1nn(CCCO)c(C)c1S(=O)(=O)N1CCCC1(C)C. The van der Waals surface area contributed by atoms with E-state index in [0.717, 1.165) is 12.8 Å². The van der Waals surface area contributed by atoms with Gasteiger partial charge in [0, 0.05) is 25.2 Å². The fourth-order valence-electron chi connectivity index (χ4n) is 3.13. The number of aromatic nitrogens is 2. The minimum absolute atomic E-state index is 0.0690. The Labute approximate surface area is 126 Å². The minimum Gasteiger partial charge on any atom is -0.396 e. The van der Waals surface area contributed by atoms with Crippen LogP contribution in [0.4, 0.5) is 0 Å². The first kappa shape index (κ1) is 16.5. The molecule has 7 heteroatoms. The number of hydrogen-bond acceptors (Lipinski definition) is 4. The number of nitrogens with zero attached hydrogens (tertiary/aromatic N) is 3. The van der Waals surface area contributed by atoms with Crippen molar-refractivity contribution in [2.75, 3.05) is 13.2 Å². The zero-order valence-corrected chi connectivity index (χ0v) is 14.1. The van der Waals surface area contributed by atoms with Gasteiger partial charge in [0.2, 0.25) is 10.0 Å². The first-order chi connectivity index (χ1) is 9.71. The lowest BCUT2D eigenvalue weighted by Gasteiger charge is -2.30. The Kier molecular flexibility index (Phi) is 4.46. The van der Waals surface area contributed by atoms with E-state index in [2.05, 4.69) is 5.10 Å². The molecular formula is C14H25N3O3S. The van der Waals surface area contributed by atoms with E-state index in [4.69, 9.17) is 5.11 Å². The molecular weight excluding hydrogens is 290 g/mol. The third-order valence-corrected chi connectivity index (χ3v) is 6.58. The largest absolute Gasteiger partial charge is 0.396 e. The van der Waals surface area contributed by atoms with Crippen LogP contribution in [0.3, 0.4) is 0 Å². The maximum atomic E-state index is 13.0. The number of rotatable bonds is 5. The predicted octanol–water partition coefficient (Wildman–Crippen LogP) is 1.45. The number of aryl methyl sites for hydroxylation is 2. The molecule has 0 atom stereocenters. The summed E-state index contributed by atoms with van der Waals surface area (Å²) in [5.74, 6) is 0. The second kappa shape index (κ2) is 5.70. The molecule has 1 aromatic rings. The molecule has 1 saturated heterocycles. The zero-order valence-electron chi connectivity index (χ0n) is 13.3. The zero-order chi connectivity index (χ0) is 15.8. The van der Waals surface area contributed by atoms with E-state index in [-0.39, 0.29) is 12.1 Å².